The number of rotatable bonds is 1. The first-order valence-electron chi connectivity index (χ1n) is 6.62. The van der Waals surface area contributed by atoms with Crippen molar-refractivity contribution in [3.8, 4) is 0 Å². The predicted molar refractivity (Wildman–Crippen MR) is 77.2 cm³/mol. The van der Waals surface area contributed by atoms with Crippen molar-refractivity contribution in [2.45, 2.75) is 26.4 Å². The molecule has 0 radical (unpaired) electrons. The molecular weight excluding hydrogens is 254 g/mol. The van der Waals surface area contributed by atoms with Crippen LogP contribution in [0.25, 0.3) is 5.57 Å². The maximum absolute atomic E-state index is 12.1. The van der Waals surface area contributed by atoms with Gasteiger partial charge < -0.3 is 4.74 Å². The van der Waals surface area contributed by atoms with E-state index in [1.807, 2.05) is 51.1 Å². The molecule has 4 nitrogen and oxygen atoms in total. The summed E-state index contributed by atoms with van der Waals surface area (Å²) in [7, 11) is 0. The van der Waals surface area contributed by atoms with Crippen molar-refractivity contribution in [2.24, 2.45) is 0 Å². The van der Waals surface area contributed by atoms with Crippen molar-refractivity contribution in [3.63, 3.8) is 0 Å². The zero-order valence-electron chi connectivity index (χ0n) is 12.1. The second-order valence-electron chi connectivity index (χ2n) is 5.84. The maximum atomic E-state index is 12.1. The SMILES string of the molecule is CC(C)(C)OC(=O)N1CC(=O)C=C(c2ccccc2)C1. The van der Waals surface area contributed by atoms with Gasteiger partial charge in [0.1, 0.15) is 5.60 Å². The highest BCUT2D eigenvalue weighted by Gasteiger charge is 2.27. The summed E-state index contributed by atoms with van der Waals surface area (Å²) in [5.74, 6) is -0.0824. The number of carbonyl (C=O) groups excluding carboxylic acids is 2. The van der Waals surface area contributed by atoms with Crippen LogP contribution in [0.5, 0.6) is 0 Å². The van der Waals surface area contributed by atoms with Crippen LogP contribution in [0.3, 0.4) is 0 Å². The summed E-state index contributed by atoms with van der Waals surface area (Å²) < 4.78 is 5.32. The summed E-state index contributed by atoms with van der Waals surface area (Å²) in [6, 6.07) is 9.59. The summed E-state index contributed by atoms with van der Waals surface area (Å²) in [6.45, 7) is 5.90. The van der Waals surface area contributed by atoms with Crippen LogP contribution < -0.4 is 0 Å². The van der Waals surface area contributed by atoms with Crippen LogP contribution >= 0.6 is 0 Å². The molecule has 0 unspecified atom stereocenters. The van der Waals surface area contributed by atoms with Crippen molar-refractivity contribution >= 4 is 17.4 Å². The Morgan fingerprint density at radius 2 is 1.80 bits per heavy atom. The molecular formula is C16H19NO3. The first-order valence-corrected chi connectivity index (χ1v) is 6.62. The van der Waals surface area contributed by atoms with Gasteiger partial charge in [0.15, 0.2) is 5.78 Å². The molecule has 0 spiro atoms. The number of hydrogen-bond donors (Lipinski definition) is 0. The Hall–Kier alpha value is -2.10. The average molecular weight is 273 g/mol. The molecule has 2 rings (SSSR count). The van der Waals surface area contributed by atoms with Gasteiger partial charge in [0, 0.05) is 0 Å². The number of benzene rings is 1. The fraction of sp³-hybridized carbons (Fsp3) is 0.375. The molecule has 0 bridgehead atoms. The highest BCUT2D eigenvalue weighted by atomic mass is 16.6. The number of amides is 1. The van der Waals surface area contributed by atoms with E-state index in [1.54, 1.807) is 6.08 Å². The lowest BCUT2D eigenvalue weighted by Crippen LogP contribution is -2.42. The van der Waals surface area contributed by atoms with Gasteiger partial charge in [-0.1, -0.05) is 30.3 Å². The number of nitrogens with zero attached hydrogens (tertiary/aromatic N) is 1. The van der Waals surface area contributed by atoms with Crippen molar-refractivity contribution < 1.29 is 14.3 Å². The topological polar surface area (TPSA) is 46.6 Å². The number of ether oxygens (including phenoxy) is 1. The molecule has 0 aliphatic carbocycles. The first-order chi connectivity index (χ1) is 9.35. The van der Waals surface area contributed by atoms with E-state index in [9.17, 15) is 9.59 Å². The van der Waals surface area contributed by atoms with E-state index in [-0.39, 0.29) is 12.3 Å². The van der Waals surface area contributed by atoms with Crippen molar-refractivity contribution in [1.29, 1.82) is 0 Å². The lowest BCUT2D eigenvalue weighted by atomic mass is 10.0. The molecule has 20 heavy (non-hydrogen) atoms. The molecule has 1 aliphatic heterocycles. The molecule has 1 aromatic rings. The Morgan fingerprint density at radius 1 is 1.15 bits per heavy atom. The second kappa shape index (κ2) is 5.49. The molecule has 1 amide bonds. The molecule has 0 fully saturated rings. The van der Waals surface area contributed by atoms with Crippen molar-refractivity contribution in [3.05, 3.63) is 42.0 Å². The fourth-order valence-electron chi connectivity index (χ4n) is 2.02. The van der Waals surface area contributed by atoms with Crippen LogP contribution in [-0.4, -0.2) is 35.5 Å². The quantitative estimate of drug-likeness (QED) is 0.790. The minimum atomic E-state index is -0.561. The van der Waals surface area contributed by atoms with Crippen molar-refractivity contribution in [1.82, 2.24) is 4.90 Å². The summed E-state index contributed by atoms with van der Waals surface area (Å²) in [4.78, 5) is 25.3. The normalized spacial score (nSPS) is 15.8. The molecule has 106 valence electrons. The van der Waals surface area contributed by atoms with Crippen LogP contribution in [0.15, 0.2) is 36.4 Å². The van der Waals surface area contributed by atoms with Gasteiger partial charge in [-0.05, 0) is 38.0 Å². The third-order valence-corrected chi connectivity index (χ3v) is 2.84. The second-order valence-corrected chi connectivity index (χ2v) is 5.84. The number of hydrogen-bond acceptors (Lipinski definition) is 3. The summed E-state index contributed by atoms with van der Waals surface area (Å²) in [6.07, 6.45) is 1.16. The number of ketones is 1. The van der Waals surface area contributed by atoms with E-state index in [0.29, 0.717) is 6.54 Å². The Bertz CT molecular complexity index is 541. The molecule has 1 aromatic carbocycles. The minimum Gasteiger partial charge on any atom is -0.444 e. The Labute approximate surface area is 119 Å². The monoisotopic (exact) mass is 273 g/mol. The van der Waals surface area contributed by atoms with Gasteiger partial charge in [0.2, 0.25) is 0 Å². The van der Waals surface area contributed by atoms with Gasteiger partial charge in [0.05, 0.1) is 13.1 Å². The van der Waals surface area contributed by atoms with E-state index in [1.165, 1.54) is 4.90 Å². The third-order valence-electron chi connectivity index (χ3n) is 2.84. The van der Waals surface area contributed by atoms with Gasteiger partial charge in [-0.3, -0.25) is 9.69 Å². The van der Waals surface area contributed by atoms with Gasteiger partial charge in [0.25, 0.3) is 0 Å². The maximum Gasteiger partial charge on any atom is 0.411 e. The van der Waals surface area contributed by atoms with Crippen LogP contribution in [0.2, 0.25) is 0 Å². The van der Waals surface area contributed by atoms with Gasteiger partial charge >= 0.3 is 6.09 Å². The van der Waals surface area contributed by atoms with E-state index < -0.39 is 11.7 Å². The molecule has 1 aliphatic rings. The number of carbonyl (C=O) groups is 2. The van der Waals surface area contributed by atoms with E-state index in [4.69, 9.17) is 4.74 Å². The van der Waals surface area contributed by atoms with Crippen LogP contribution in [0, 0.1) is 0 Å². The van der Waals surface area contributed by atoms with Crippen LogP contribution in [0.1, 0.15) is 26.3 Å². The highest BCUT2D eigenvalue weighted by Crippen LogP contribution is 2.21. The highest BCUT2D eigenvalue weighted by molar-refractivity contribution is 6.02. The van der Waals surface area contributed by atoms with Gasteiger partial charge in [-0.25, -0.2) is 4.79 Å². The van der Waals surface area contributed by atoms with E-state index in [2.05, 4.69) is 0 Å². The zero-order valence-corrected chi connectivity index (χ0v) is 12.1. The minimum absolute atomic E-state index is 0.0746. The average Bonchev–Trinajstić information content (AvgIpc) is 2.37. The lowest BCUT2D eigenvalue weighted by Gasteiger charge is -2.29. The summed E-state index contributed by atoms with van der Waals surface area (Å²) >= 11 is 0. The Balaban J connectivity index is 2.15. The summed E-state index contributed by atoms with van der Waals surface area (Å²) in [5, 5.41) is 0. The Kier molecular flexibility index (Phi) is 3.93. The van der Waals surface area contributed by atoms with Crippen molar-refractivity contribution in [2.75, 3.05) is 13.1 Å². The van der Waals surface area contributed by atoms with Gasteiger partial charge in [-0.15, -0.1) is 0 Å². The molecule has 0 aromatic heterocycles. The van der Waals surface area contributed by atoms with E-state index in [0.717, 1.165) is 11.1 Å². The standard InChI is InChI=1S/C16H19NO3/c1-16(2,3)20-15(19)17-10-13(9-14(18)11-17)12-7-5-4-6-8-12/h4-9H,10-11H2,1-3H3. The molecule has 4 heteroatoms. The molecule has 1 heterocycles. The lowest BCUT2D eigenvalue weighted by molar-refractivity contribution is -0.116. The largest absolute Gasteiger partial charge is 0.444 e. The molecule has 0 saturated carbocycles. The molecule has 0 N–H and O–H groups in total. The van der Waals surface area contributed by atoms with Gasteiger partial charge in [-0.2, -0.15) is 0 Å². The fourth-order valence-corrected chi connectivity index (χ4v) is 2.02. The smallest absolute Gasteiger partial charge is 0.411 e. The predicted octanol–water partition coefficient (Wildman–Crippen LogP) is 2.89. The molecule has 0 saturated heterocycles. The first kappa shape index (κ1) is 14.3. The van der Waals surface area contributed by atoms with Crippen LogP contribution in [-0.2, 0) is 9.53 Å². The summed E-state index contributed by atoms with van der Waals surface area (Å²) in [5.41, 5.74) is 1.23. The Morgan fingerprint density at radius 3 is 2.40 bits per heavy atom. The van der Waals surface area contributed by atoms with E-state index >= 15 is 0 Å². The van der Waals surface area contributed by atoms with Crippen LogP contribution in [0.4, 0.5) is 4.79 Å². The molecule has 0 atom stereocenters. The zero-order chi connectivity index (χ0) is 14.8. The third kappa shape index (κ3) is 3.70.